The van der Waals surface area contributed by atoms with E-state index in [1.54, 1.807) is 0 Å². The van der Waals surface area contributed by atoms with Crippen molar-refractivity contribution in [2.75, 3.05) is 0 Å². The van der Waals surface area contributed by atoms with Crippen LogP contribution in [0.1, 0.15) is 58.3 Å². The van der Waals surface area contributed by atoms with Crippen molar-refractivity contribution in [1.29, 1.82) is 0 Å². The third-order valence-electron chi connectivity index (χ3n) is 4.91. The standard InChI is InChI=1S/C15H25NO/c1-11-6-5-7-12(10-11)15-16(2)13-8-3-4-9-14(13)17-15/h11-14H,2-10H2,1H3. The van der Waals surface area contributed by atoms with Crippen LogP contribution < -0.4 is 0 Å². The van der Waals surface area contributed by atoms with Gasteiger partial charge in [0.05, 0.1) is 0 Å². The molecular formula is C15H25NO. The minimum atomic E-state index is 0.452. The molecule has 2 heteroatoms. The zero-order valence-corrected chi connectivity index (χ0v) is 11.0. The maximum absolute atomic E-state index is 6.25. The molecule has 2 aliphatic carbocycles. The van der Waals surface area contributed by atoms with Crippen LogP contribution in [0.25, 0.3) is 0 Å². The zero-order valence-electron chi connectivity index (χ0n) is 11.0. The molecule has 0 spiro atoms. The number of hydrogen-bond acceptors (Lipinski definition) is 1. The number of fused-ring (bicyclic) bond motifs is 1. The van der Waals surface area contributed by atoms with Crippen molar-refractivity contribution in [1.82, 2.24) is 0 Å². The van der Waals surface area contributed by atoms with Gasteiger partial charge in [-0.1, -0.05) is 39.0 Å². The Morgan fingerprint density at radius 3 is 2.71 bits per heavy atom. The molecule has 0 aromatic heterocycles. The lowest BCUT2D eigenvalue weighted by molar-refractivity contribution is -0.548. The van der Waals surface area contributed by atoms with Gasteiger partial charge in [-0.3, -0.25) is 0 Å². The number of hydrogen-bond donors (Lipinski definition) is 0. The van der Waals surface area contributed by atoms with E-state index in [-0.39, 0.29) is 0 Å². The smallest absolute Gasteiger partial charge is 0.152 e. The normalized spacial score (nSPS) is 42.6. The summed E-state index contributed by atoms with van der Waals surface area (Å²) >= 11 is 0. The molecule has 4 unspecified atom stereocenters. The van der Waals surface area contributed by atoms with E-state index >= 15 is 0 Å². The lowest BCUT2D eigenvalue weighted by Gasteiger charge is -2.32. The van der Waals surface area contributed by atoms with E-state index < -0.39 is 0 Å². The van der Waals surface area contributed by atoms with E-state index in [9.17, 15) is 0 Å². The zero-order chi connectivity index (χ0) is 11.8. The molecule has 4 atom stereocenters. The Balaban J connectivity index is 1.69. The van der Waals surface area contributed by atoms with Gasteiger partial charge in [0.25, 0.3) is 0 Å². The molecule has 0 bridgehead atoms. The van der Waals surface area contributed by atoms with Crippen LogP contribution >= 0.6 is 0 Å². The van der Waals surface area contributed by atoms with Gasteiger partial charge in [0.1, 0.15) is 12.3 Å². The van der Waals surface area contributed by atoms with Gasteiger partial charge in [-0.25, -0.2) is 0 Å². The van der Waals surface area contributed by atoms with Gasteiger partial charge in [-0.05, 0) is 31.4 Å². The monoisotopic (exact) mass is 235 g/mol. The summed E-state index contributed by atoms with van der Waals surface area (Å²) in [7, 11) is 0. The summed E-state index contributed by atoms with van der Waals surface area (Å²) in [6.45, 7) is 6.65. The lowest BCUT2D eigenvalue weighted by Crippen LogP contribution is -2.32. The Kier molecular flexibility index (Phi) is 3.16. The summed E-state index contributed by atoms with van der Waals surface area (Å²) < 4.78 is 8.49. The lowest BCUT2D eigenvalue weighted by atomic mass is 9.81. The van der Waals surface area contributed by atoms with E-state index in [2.05, 4.69) is 18.2 Å². The predicted octanol–water partition coefficient (Wildman–Crippen LogP) is 3.36. The van der Waals surface area contributed by atoms with Crippen molar-refractivity contribution < 1.29 is 9.31 Å². The second-order valence-corrected chi connectivity index (χ2v) is 6.28. The predicted molar refractivity (Wildman–Crippen MR) is 68.9 cm³/mol. The highest BCUT2D eigenvalue weighted by Crippen LogP contribution is 2.42. The molecule has 2 nitrogen and oxygen atoms in total. The highest BCUT2D eigenvalue weighted by atomic mass is 16.5. The number of rotatable bonds is 1. The molecule has 0 N–H and O–H groups in total. The second kappa shape index (κ2) is 4.64. The Bertz CT molecular complexity index is 301. The fraction of sp³-hybridized carbons (Fsp3) is 0.867. The van der Waals surface area contributed by atoms with Gasteiger partial charge in [0, 0.05) is 6.42 Å². The van der Waals surface area contributed by atoms with Gasteiger partial charge >= 0.3 is 0 Å². The fourth-order valence-corrected chi connectivity index (χ4v) is 3.95. The van der Waals surface area contributed by atoms with Crippen LogP contribution in [0.2, 0.25) is 0 Å². The van der Waals surface area contributed by atoms with Gasteiger partial charge in [-0.15, -0.1) is 0 Å². The van der Waals surface area contributed by atoms with Crippen LogP contribution in [0.5, 0.6) is 0 Å². The van der Waals surface area contributed by atoms with Crippen LogP contribution in [0.3, 0.4) is 0 Å². The Hall–Kier alpha value is -0.500. The van der Waals surface area contributed by atoms with Crippen LogP contribution in [0.4, 0.5) is 0 Å². The Labute approximate surface area is 105 Å². The Morgan fingerprint density at radius 1 is 1.12 bits per heavy atom. The highest BCUT2D eigenvalue weighted by molar-refractivity contribution is 5.17. The largest absolute Gasteiger partial charge is 0.375 e. The quantitative estimate of drug-likeness (QED) is 0.501. The first kappa shape index (κ1) is 11.6. The first-order chi connectivity index (χ1) is 8.25. The SMILES string of the molecule is C=[N+]1[C-](C2CCCC(C)C2)OC2CCCCC21. The van der Waals surface area contributed by atoms with E-state index in [0.717, 1.165) is 5.92 Å². The summed E-state index contributed by atoms with van der Waals surface area (Å²) in [5.74, 6) is 1.52. The third kappa shape index (κ3) is 2.12. The van der Waals surface area contributed by atoms with Gasteiger partial charge in [0.2, 0.25) is 0 Å². The fourth-order valence-electron chi connectivity index (χ4n) is 3.95. The molecule has 3 aliphatic rings. The van der Waals surface area contributed by atoms with Crippen molar-refractivity contribution in [3.8, 4) is 0 Å². The molecule has 1 saturated heterocycles. The Morgan fingerprint density at radius 2 is 1.94 bits per heavy atom. The van der Waals surface area contributed by atoms with Crippen molar-refractivity contribution in [3.05, 3.63) is 6.23 Å². The average Bonchev–Trinajstić information content (AvgIpc) is 2.68. The van der Waals surface area contributed by atoms with Crippen LogP contribution in [0, 0.1) is 18.1 Å². The summed E-state index contributed by atoms with van der Waals surface area (Å²) in [4.78, 5) is 0. The molecule has 3 rings (SSSR count). The minimum Gasteiger partial charge on any atom is -0.375 e. The molecule has 3 fully saturated rings. The van der Waals surface area contributed by atoms with Crippen molar-refractivity contribution in [2.24, 2.45) is 11.8 Å². The summed E-state index contributed by atoms with van der Waals surface area (Å²) in [5, 5.41) is 0. The molecular weight excluding hydrogens is 210 g/mol. The molecule has 1 aliphatic heterocycles. The maximum Gasteiger partial charge on any atom is 0.152 e. The van der Waals surface area contributed by atoms with Crippen molar-refractivity contribution in [2.45, 2.75) is 70.4 Å². The summed E-state index contributed by atoms with van der Waals surface area (Å²) in [6, 6.07) is 0.580. The molecule has 0 aromatic rings. The van der Waals surface area contributed by atoms with Gasteiger partial charge in [-0.2, -0.15) is 0 Å². The van der Waals surface area contributed by atoms with Crippen molar-refractivity contribution in [3.63, 3.8) is 0 Å². The van der Waals surface area contributed by atoms with E-state index in [4.69, 9.17) is 4.74 Å². The first-order valence-corrected chi connectivity index (χ1v) is 7.39. The van der Waals surface area contributed by atoms with Crippen LogP contribution in [-0.4, -0.2) is 23.4 Å². The number of ether oxygens (including phenoxy) is 1. The number of nitrogens with zero attached hydrogens (tertiary/aromatic N) is 1. The molecule has 0 aromatic carbocycles. The third-order valence-corrected chi connectivity index (χ3v) is 4.91. The second-order valence-electron chi connectivity index (χ2n) is 6.28. The highest BCUT2D eigenvalue weighted by Gasteiger charge is 2.44. The molecule has 17 heavy (non-hydrogen) atoms. The van der Waals surface area contributed by atoms with E-state index in [1.807, 2.05) is 0 Å². The molecule has 0 radical (unpaired) electrons. The average molecular weight is 235 g/mol. The van der Waals surface area contributed by atoms with Gasteiger partial charge < -0.3 is 9.31 Å². The molecule has 96 valence electrons. The minimum absolute atomic E-state index is 0.452. The topological polar surface area (TPSA) is 12.2 Å². The molecule has 0 amide bonds. The maximum atomic E-state index is 6.25. The van der Waals surface area contributed by atoms with E-state index in [1.165, 1.54) is 57.6 Å². The summed E-state index contributed by atoms with van der Waals surface area (Å²) in [5.41, 5.74) is 0. The first-order valence-electron chi connectivity index (χ1n) is 7.39. The van der Waals surface area contributed by atoms with Gasteiger partial charge in [0.15, 0.2) is 6.04 Å². The van der Waals surface area contributed by atoms with E-state index in [0.29, 0.717) is 18.1 Å². The molecule has 1 heterocycles. The molecule has 2 saturated carbocycles. The summed E-state index contributed by atoms with van der Waals surface area (Å²) in [6.07, 6.45) is 12.3. The van der Waals surface area contributed by atoms with Crippen LogP contribution in [0.15, 0.2) is 0 Å². The van der Waals surface area contributed by atoms with Crippen molar-refractivity contribution >= 4 is 6.72 Å². The van der Waals surface area contributed by atoms with Crippen LogP contribution in [-0.2, 0) is 4.74 Å².